The van der Waals surface area contributed by atoms with E-state index in [9.17, 15) is 0 Å². The van der Waals surface area contributed by atoms with Gasteiger partial charge in [0.25, 0.3) is 0 Å². The number of hydrogen-bond donors (Lipinski definition) is 0. The van der Waals surface area contributed by atoms with E-state index >= 15 is 0 Å². The van der Waals surface area contributed by atoms with Crippen molar-refractivity contribution >= 4 is 49.8 Å². The van der Waals surface area contributed by atoms with E-state index in [1.807, 2.05) is 0 Å². The van der Waals surface area contributed by atoms with Crippen LogP contribution in [0.5, 0.6) is 0 Å². The number of hydrogen-bond acceptors (Lipinski definition) is 0. The summed E-state index contributed by atoms with van der Waals surface area (Å²) >= 11 is 0. The molecule has 0 heterocycles. The molecule has 4 unspecified atom stereocenters. The Morgan fingerprint density at radius 3 is 1.50 bits per heavy atom. The molecule has 7 aromatic carbocycles. The fraction of sp³-hybridized carbons (Fsp3) is 0.194. The maximum atomic E-state index is 2.62. The molecule has 7 aromatic rings. The van der Waals surface area contributed by atoms with E-state index in [1.54, 1.807) is 16.7 Å². The van der Waals surface area contributed by atoms with Crippen LogP contribution in [0.2, 0.25) is 0 Å². The maximum Gasteiger partial charge on any atom is 0.0212 e. The van der Waals surface area contributed by atoms with Crippen LogP contribution in [0.3, 0.4) is 0 Å². The highest BCUT2D eigenvalue weighted by atomic mass is 14.5. The van der Waals surface area contributed by atoms with Crippen LogP contribution in [0.15, 0.2) is 176 Å². The van der Waals surface area contributed by atoms with Gasteiger partial charge in [0, 0.05) is 23.7 Å². The second-order valence-corrected chi connectivity index (χ2v) is 22.8. The van der Waals surface area contributed by atoms with Gasteiger partial charge in [-0.05, 0) is 223 Å². The van der Waals surface area contributed by atoms with Crippen LogP contribution in [-0.4, -0.2) is 0 Å². The second-order valence-electron chi connectivity index (χ2n) is 22.8. The van der Waals surface area contributed by atoms with Gasteiger partial charge in [-0.3, -0.25) is 0 Å². The van der Waals surface area contributed by atoms with Crippen molar-refractivity contribution in [3.63, 3.8) is 0 Å². The Morgan fingerprint density at radius 1 is 0.375 bits per heavy atom. The molecule has 16 rings (SSSR count). The minimum atomic E-state index is 0.229. The largest absolute Gasteiger partial charge is 0.0767 e. The summed E-state index contributed by atoms with van der Waals surface area (Å²) in [4.78, 5) is 0. The molecular weight excluding hydrogens is 865 g/mol. The number of fused-ring (bicyclic) bond motifs is 12. The van der Waals surface area contributed by atoms with E-state index in [4.69, 9.17) is 0 Å². The Hall–Kier alpha value is -7.54. The van der Waals surface area contributed by atoms with Crippen molar-refractivity contribution in [2.45, 2.75) is 66.2 Å². The average Bonchev–Trinajstić information content (AvgIpc) is 4.03. The van der Waals surface area contributed by atoms with Crippen molar-refractivity contribution < 1.29 is 0 Å². The molecule has 0 saturated carbocycles. The minimum Gasteiger partial charge on any atom is -0.0767 e. The van der Waals surface area contributed by atoms with E-state index in [0.29, 0.717) is 23.7 Å². The van der Waals surface area contributed by atoms with E-state index in [2.05, 4.69) is 211 Å². The van der Waals surface area contributed by atoms with E-state index in [-0.39, 0.29) is 11.8 Å². The lowest BCUT2D eigenvalue weighted by atomic mass is 9.62. The molecule has 0 aliphatic heterocycles. The highest BCUT2D eigenvalue weighted by Crippen LogP contribution is 2.65. The van der Waals surface area contributed by atoms with Crippen LogP contribution in [0.1, 0.15) is 108 Å². The van der Waals surface area contributed by atoms with E-state index < -0.39 is 0 Å². The monoisotopic (exact) mass is 920 g/mol. The molecule has 0 radical (unpaired) electrons. The summed E-state index contributed by atoms with van der Waals surface area (Å²) in [6.45, 7) is 14.0. The first-order valence-electron chi connectivity index (χ1n) is 26.8. The summed E-state index contributed by atoms with van der Waals surface area (Å²) in [7, 11) is 0. The topological polar surface area (TPSA) is 0 Å². The van der Waals surface area contributed by atoms with Crippen molar-refractivity contribution in [1.29, 1.82) is 0 Å². The number of aryl methyl sites for hydroxylation is 2. The van der Waals surface area contributed by atoms with E-state index in [1.165, 1.54) is 149 Å². The van der Waals surface area contributed by atoms with Crippen molar-refractivity contribution in [1.82, 2.24) is 0 Å². The molecule has 344 valence electrons. The Kier molecular flexibility index (Phi) is 8.31. The fourth-order valence-electron chi connectivity index (χ4n) is 15.7. The Morgan fingerprint density at radius 2 is 0.889 bits per heavy atom. The summed E-state index contributed by atoms with van der Waals surface area (Å²) < 4.78 is 0. The van der Waals surface area contributed by atoms with Gasteiger partial charge in [-0.1, -0.05) is 179 Å². The van der Waals surface area contributed by atoms with E-state index in [0.717, 1.165) is 12.8 Å². The van der Waals surface area contributed by atoms with Crippen LogP contribution < -0.4 is 10.4 Å². The molecule has 0 saturated heterocycles. The SMILES string of the molecule is Cc1ccccc1-c1c2c(c(-c3ccccc3C)c3cc4c(cc13)C1=CC=CC3C=CC=C4C13)C1=CC=C3c4ccc5c6c4=C(CCC=6c4cc(-c6c(C(C)C)cccc6C(C)C)ccc4-5)C4=CC=C2C1C43. The summed E-state index contributed by atoms with van der Waals surface area (Å²) in [5, 5.41) is 5.75. The lowest BCUT2D eigenvalue weighted by Crippen LogP contribution is -2.41. The number of rotatable bonds is 5. The number of allylic oxidation sites excluding steroid dienone is 16. The van der Waals surface area contributed by atoms with Crippen LogP contribution in [0.4, 0.5) is 0 Å². The maximum absolute atomic E-state index is 2.62. The fourth-order valence-corrected chi connectivity index (χ4v) is 15.7. The van der Waals surface area contributed by atoms with Crippen molar-refractivity contribution in [3.8, 4) is 44.5 Å². The normalized spacial score (nSPS) is 21.4. The van der Waals surface area contributed by atoms with Crippen LogP contribution in [0, 0.1) is 37.5 Å². The molecule has 0 aromatic heterocycles. The van der Waals surface area contributed by atoms with Gasteiger partial charge in [0.15, 0.2) is 0 Å². The molecule has 9 aliphatic rings. The van der Waals surface area contributed by atoms with Crippen molar-refractivity contribution in [3.05, 3.63) is 242 Å². The standard InChI is InChI=1S/C72H56/c1-37(2)43-20-13-21-44(38(3)4)64(43)42-24-25-47-50-26-27-51-53-30-32-56-70-57(33-31-54(69(53)70)52-28-29-55(58(47)34-42)67(50)68(51)52)72-66(46-19-10-8-15-40(46)6)62-36-60-49-23-12-17-41-16-11-22-48(63(41)49)59(60)35-61(62)65(71(56)72)45-18-9-7-14-39(45)5/h7-27,30-38,41,63,69-70H,28-29H2,1-6H3. The molecule has 4 atom stereocenters. The molecule has 0 heteroatoms. The smallest absolute Gasteiger partial charge is 0.0212 e. The summed E-state index contributed by atoms with van der Waals surface area (Å²) in [6.07, 6.45) is 26.7. The molecule has 9 aliphatic carbocycles. The average molecular weight is 921 g/mol. The van der Waals surface area contributed by atoms with Gasteiger partial charge in [0.1, 0.15) is 0 Å². The Balaban J connectivity index is 0.963. The first-order chi connectivity index (χ1) is 35.2. The van der Waals surface area contributed by atoms with Gasteiger partial charge >= 0.3 is 0 Å². The zero-order valence-electron chi connectivity index (χ0n) is 42.0. The zero-order chi connectivity index (χ0) is 48.0. The third kappa shape index (κ3) is 5.18. The van der Waals surface area contributed by atoms with Gasteiger partial charge < -0.3 is 0 Å². The van der Waals surface area contributed by atoms with Crippen LogP contribution >= 0.6 is 0 Å². The molecule has 72 heavy (non-hydrogen) atoms. The van der Waals surface area contributed by atoms with Gasteiger partial charge in [-0.25, -0.2) is 0 Å². The minimum absolute atomic E-state index is 0.229. The zero-order valence-corrected chi connectivity index (χ0v) is 42.0. The number of benzene rings is 7. The van der Waals surface area contributed by atoms with Crippen molar-refractivity contribution in [2.24, 2.45) is 23.7 Å². The molecule has 0 bridgehead atoms. The second kappa shape index (κ2) is 14.5. The van der Waals surface area contributed by atoms with Gasteiger partial charge in [0.05, 0.1) is 0 Å². The Labute approximate surface area is 423 Å². The van der Waals surface area contributed by atoms with Crippen LogP contribution in [-0.2, 0) is 0 Å². The molecule has 0 amide bonds. The van der Waals surface area contributed by atoms with Crippen molar-refractivity contribution in [2.75, 3.05) is 0 Å². The molecular formula is C72H56. The highest BCUT2D eigenvalue weighted by Gasteiger charge is 2.49. The van der Waals surface area contributed by atoms with Gasteiger partial charge in [-0.15, -0.1) is 0 Å². The quantitative estimate of drug-likeness (QED) is 0.161. The van der Waals surface area contributed by atoms with Gasteiger partial charge in [0.2, 0.25) is 0 Å². The predicted molar refractivity (Wildman–Crippen MR) is 304 cm³/mol. The molecule has 0 N–H and O–H groups in total. The predicted octanol–water partition coefficient (Wildman–Crippen LogP) is 17.0. The molecule has 0 nitrogen and oxygen atoms in total. The summed E-state index contributed by atoms with van der Waals surface area (Å²) in [5.74, 6) is 2.16. The first kappa shape index (κ1) is 41.1. The third-order valence-electron chi connectivity index (χ3n) is 18.7. The summed E-state index contributed by atoms with van der Waals surface area (Å²) in [6, 6.07) is 43.1. The van der Waals surface area contributed by atoms with Gasteiger partial charge in [-0.2, -0.15) is 0 Å². The first-order valence-corrected chi connectivity index (χ1v) is 26.8. The lowest BCUT2D eigenvalue weighted by molar-refractivity contribution is 0.688. The summed E-state index contributed by atoms with van der Waals surface area (Å²) in [5.41, 5.74) is 37.3. The van der Waals surface area contributed by atoms with Crippen LogP contribution in [0.25, 0.3) is 94.3 Å². The highest BCUT2D eigenvalue weighted by molar-refractivity contribution is 6.21. The lowest BCUT2D eigenvalue weighted by Gasteiger charge is -2.41. The molecule has 0 fully saturated rings. The Bertz CT molecular complexity index is 4140. The molecule has 0 spiro atoms. The third-order valence-corrected chi connectivity index (χ3v) is 18.7.